The highest BCUT2D eigenvalue weighted by molar-refractivity contribution is 9.10. The molecule has 1 saturated carbocycles. The minimum atomic E-state index is 0.698. The van der Waals surface area contributed by atoms with Crippen LogP contribution in [0.2, 0.25) is 0 Å². The van der Waals surface area contributed by atoms with Gasteiger partial charge in [0.2, 0.25) is 0 Å². The fourth-order valence-corrected chi connectivity index (χ4v) is 4.23. The van der Waals surface area contributed by atoms with Crippen LogP contribution >= 0.6 is 15.9 Å². The normalized spacial score (nSPS) is 23.8. The maximum atomic E-state index is 9.12. The number of rotatable bonds is 2. The molecule has 0 spiro atoms. The lowest BCUT2D eigenvalue weighted by atomic mass is 9.95. The molecule has 2 aliphatic rings. The Hall–Kier alpha value is -1.01. The van der Waals surface area contributed by atoms with E-state index >= 15 is 0 Å². The molecule has 0 bridgehead atoms. The van der Waals surface area contributed by atoms with Gasteiger partial charge in [0.1, 0.15) is 0 Å². The van der Waals surface area contributed by atoms with E-state index in [1.165, 1.54) is 44.2 Å². The molecule has 1 unspecified atom stereocenters. The van der Waals surface area contributed by atoms with Crippen molar-refractivity contribution < 1.29 is 0 Å². The molecule has 1 aliphatic heterocycles. The topological polar surface area (TPSA) is 27.0 Å². The van der Waals surface area contributed by atoms with Crippen molar-refractivity contribution in [2.45, 2.75) is 44.6 Å². The van der Waals surface area contributed by atoms with Crippen molar-refractivity contribution in [2.75, 3.05) is 11.4 Å². The third-order valence-corrected chi connectivity index (χ3v) is 5.04. The van der Waals surface area contributed by atoms with Crippen LogP contribution in [0.25, 0.3) is 0 Å². The number of anilines is 1. The van der Waals surface area contributed by atoms with E-state index in [2.05, 4.69) is 33.0 Å². The first-order chi connectivity index (χ1) is 9.28. The van der Waals surface area contributed by atoms with Crippen molar-refractivity contribution in [3.8, 4) is 6.07 Å². The van der Waals surface area contributed by atoms with Crippen LogP contribution in [-0.2, 0) is 0 Å². The molecule has 1 aromatic rings. The summed E-state index contributed by atoms with van der Waals surface area (Å²) < 4.78 is 1.01. The first-order valence-electron chi connectivity index (χ1n) is 7.25. The highest BCUT2D eigenvalue weighted by atomic mass is 79.9. The molecule has 0 amide bonds. The molecule has 0 radical (unpaired) electrons. The zero-order valence-corrected chi connectivity index (χ0v) is 12.7. The molecule has 1 aromatic carbocycles. The predicted octanol–water partition coefficient (Wildman–Crippen LogP) is 4.48. The summed E-state index contributed by atoms with van der Waals surface area (Å²) in [5.41, 5.74) is 1.97. The number of halogens is 1. The molecule has 3 rings (SSSR count). The van der Waals surface area contributed by atoms with Gasteiger partial charge in [-0.3, -0.25) is 0 Å². The third kappa shape index (κ3) is 2.65. The summed E-state index contributed by atoms with van der Waals surface area (Å²) >= 11 is 3.53. The summed E-state index contributed by atoms with van der Waals surface area (Å²) in [4.78, 5) is 2.54. The molecule has 0 aromatic heterocycles. The number of nitrogens with zero attached hydrogens (tertiary/aromatic N) is 2. The van der Waals surface area contributed by atoms with E-state index < -0.39 is 0 Å². The standard InChI is InChI=1S/C16H19BrN2/c17-14-8-12(11-18)9-15(10-14)19-7-3-6-16(19)13-4-1-2-5-13/h8-10,13,16H,1-7H2. The molecule has 1 atom stereocenters. The van der Waals surface area contributed by atoms with E-state index in [9.17, 15) is 0 Å². The average molecular weight is 319 g/mol. The highest BCUT2D eigenvalue weighted by Crippen LogP contribution is 2.38. The monoisotopic (exact) mass is 318 g/mol. The van der Waals surface area contributed by atoms with E-state index in [0.29, 0.717) is 6.04 Å². The van der Waals surface area contributed by atoms with Gasteiger partial charge in [-0.05, 0) is 49.8 Å². The predicted molar refractivity (Wildman–Crippen MR) is 81.2 cm³/mol. The quantitative estimate of drug-likeness (QED) is 0.803. The van der Waals surface area contributed by atoms with Gasteiger partial charge in [0, 0.05) is 22.7 Å². The van der Waals surface area contributed by atoms with Gasteiger partial charge in [-0.1, -0.05) is 28.8 Å². The lowest BCUT2D eigenvalue weighted by Gasteiger charge is -2.31. The Morgan fingerprint density at radius 2 is 1.89 bits per heavy atom. The fraction of sp³-hybridized carbons (Fsp3) is 0.562. The van der Waals surface area contributed by atoms with E-state index in [0.717, 1.165) is 22.5 Å². The van der Waals surface area contributed by atoms with Crippen LogP contribution in [-0.4, -0.2) is 12.6 Å². The largest absolute Gasteiger partial charge is 0.368 e. The summed E-state index contributed by atoms with van der Waals surface area (Å²) in [6.45, 7) is 1.14. The Morgan fingerprint density at radius 1 is 1.11 bits per heavy atom. The first-order valence-corrected chi connectivity index (χ1v) is 8.04. The number of nitriles is 1. The molecule has 19 heavy (non-hydrogen) atoms. The Balaban J connectivity index is 1.87. The maximum Gasteiger partial charge on any atom is 0.0992 e. The second-order valence-electron chi connectivity index (χ2n) is 5.76. The van der Waals surface area contributed by atoms with Gasteiger partial charge in [0.05, 0.1) is 11.6 Å². The van der Waals surface area contributed by atoms with E-state index in [-0.39, 0.29) is 0 Å². The summed E-state index contributed by atoms with van der Waals surface area (Å²) in [5.74, 6) is 0.868. The van der Waals surface area contributed by atoms with Crippen LogP contribution in [0.15, 0.2) is 22.7 Å². The summed E-state index contributed by atoms with van der Waals surface area (Å²) in [6, 6.07) is 9.05. The second-order valence-corrected chi connectivity index (χ2v) is 6.67. The lowest BCUT2D eigenvalue weighted by Crippen LogP contribution is -2.34. The van der Waals surface area contributed by atoms with Crippen LogP contribution in [0.1, 0.15) is 44.1 Å². The van der Waals surface area contributed by atoms with Gasteiger partial charge in [0.15, 0.2) is 0 Å². The molecule has 2 nitrogen and oxygen atoms in total. The SMILES string of the molecule is N#Cc1cc(Br)cc(N2CCCC2C2CCCC2)c1. The molecular weight excluding hydrogens is 300 g/mol. The van der Waals surface area contributed by atoms with Crippen molar-refractivity contribution in [1.29, 1.82) is 5.26 Å². The molecular formula is C16H19BrN2. The minimum absolute atomic E-state index is 0.698. The zero-order chi connectivity index (χ0) is 13.2. The molecule has 2 fully saturated rings. The Labute approximate surface area is 123 Å². The lowest BCUT2D eigenvalue weighted by molar-refractivity contribution is 0.431. The van der Waals surface area contributed by atoms with Gasteiger partial charge >= 0.3 is 0 Å². The minimum Gasteiger partial charge on any atom is -0.368 e. The Bertz CT molecular complexity index is 500. The van der Waals surface area contributed by atoms with Crippen molar-refractivity contribution in [2.24, 2.45) is 5.92 Å². The number of hydrogen-bond acceptors (Lipinski definition) is 2. The molecule has 1 heterocycles. The highest BCUT2D eigenvalue weighted by Gasteiger charge is 2.33. The third-order valence-electron chi connectivity index (χ3n) is 4.59. The van der Waals surface area contributed by atoms with Crippen LogP contribution in [0.5, 0.6) is 0 Å². The molecule has 0 N–H and O–H groups in total. The smallest absolute Gasteiger partial charge is 0.0992 e. The van der Waals surface area contributed by atoms with Crippen molar-refractivity contribution in [3.05, 3.63) is 28.2 Å². The van der Waals surface area contributed by atoms with Crippen LogP contribution in [0.4, 0.5) is 5.69 Å². The average Bonchev–Trinajstić information content (AvgIpc) is 3.08. The molecule has 100 valence electrons. The summed E-state index contributed by atoms with van der Waals surface area (Å²) in [7, 11) is 0. The fourth-order valence-electron chi connectivity index (χ4n) is 3.75. The Kier molecular flexibility index (Phi) is 3.79. The first kappa shape index (κ1) is 13.0. The van der Waals surface area contributed by atoms with Gasteiger partial charge in [-0.25, -0.2) is 0 Å². The van der Waals surface area contributed by atoms with Gasteiger partial charge < -0.3 is 4.90 Å². The van der Waals surface area contributed by atoms with Gasteiger partial charge in [0.25, 0.3) is 0 Å². The van der Waals surface area contributed by atoms with Crippen molar-refractivity contribution in [1.82, 2.24) is 0 Å². The van der Waals surface area contributed by atoms with E-state index in [1.807, 2.05) is 12.1 Å². The Morgan fingerprint density at radius 3 is 2.63 bits per heavy atom. The number of hydrogen-bond donors (Lipinski definition) is 0. The van der Waals surface area contributed by atoms with Crippen LogP contribution < -0.4 is 4.90 Å². The molecule has 1 aliphatic carbocycles. The number of benzene rings is 1. The van der Waals surface area contributed by atoms with Crippen LogP contribution in [0, 0.1) is 17.2 Å². The van der Waals surface area contributed by atoms with Crippen molar-refractivity contribution >= 4 is 21.6 Å². The zero-order valence-electron chi connectivity index (χ0n) is 11.1. The van der Waals surface area contributed by atoms with E-state index in [4.69, 9.17) is 5.26 Å². The summed E-state index contributed by atoms with van der Waals surface area (Å²) in [6.07, 6.45) is 8.18. The van der Waals surface area contributed by atoms with E-state index in [1.54, 1.807) is 0 Å². The summed E-state index contributed by atoms with van der Waals surface area (Å²) in [5, 5.41) is 9.12. The van der Waals surface area contributed by atoms with Crippen LogP contribution in [0.3, 0.4) is 0 Å². The molecule has 1 saturated heterocycles. The molecule has 3 heteroatoms. The maximum absolute atomic E-state index is 9.12. The van der Waals surface area contributed by atoms with Crippen molar-refractivity contribution in [3.63, 3.8) is 0 Å². The van der Waals surface area contributed by atoms with Gasteiger partial charge in [-0.15, -0.1) is 0 Å². The van der Waals surface area contributed by atoms with Gasteiger partial charge in [-0.2, -0.15) is 5.26 Å². The second kappa shape index (κ2) is 5.54.